The molecule has 2 saturated heterocycles. The lowest BCUT2D eigenvalue weighted by molar-refractivity contribution is 0.0402. The Morgan fingerprint density at radius 1 is 1.24 bits per heavy atom. The van der Waals surface area contributed by atoms with Gasteiger partial charge in [0, 0.05) is 19.6 Å². The molecule has 2 aliphatic heterocycles. The monoisotopic (exact) mass is 262 g/mol. The third-order valence-electron chi connectivity index (χ3n) is 3.89. The van der Waals surface area contributed by atoms with E-state index in [9.17, 15) is 13.5 Å². The second-order valence-electron chi connectivity index (χ2n) is 5.17. The Bertz CT molecular complexity index is 350. The van der Waals surface area contributed by atoms with Gasteiger partial charge in [0.15, 0.2) is 9.84 Å². The second kappa shape index (κ2) is 5.22. The fourth-order valence-electron chi connectivity index (χ4n) is 2.97. The number of sulfone groups is 1. The number of rotatable bonds is 2. The van der Waals surface area contributed by atoms with Crippen LogP contribution in [0, 0.1) is 0 Å². The van der Waals surface area contributed by atoms with Gasteiger partial charge in [-0.15, -0.1) is 0 Å². The summed E-state index contributed by atoms with van der Waals surface area (Å²) in [6.45, 7) is 3.51. The number of hydrogen-bond donors (Lipinski definition) is 2. The molecule has 100 valence electrons. The van der Waals surface area contributed by atoms with Crippen molar-refractivity contribution in [2.45, 2.75) is 24.8 Å². The minimum atomic E-state index is -2.99. The number of aliphatic hydroxyl groups excluding tert-OH is 1. The van der Waals surface area contributed by atoms with Gasteiger partial charge in [-0.2, -0.15) is 0 Å². The fraction of sp³-hybridized carbons (Fsp3) is 1.00. The van der Waals surface area contributed by atoms with Gasteiger partial charge < -0.3 is 10.4 Å². The van der Waals surface area contributed by atoms with E-state index in [4.69, 9.17) is 0 Å². The lowest BCUT2D eigenvalue weighted by atomic mass is 9.93. The maximum absolute atomic E-state index is 11.8. The van der Waals surface area contributed by atoms with E-state index in [1.807, 2.05) is 0 Å². The van der Waals surface area contributed by atoms with E-state index in [0.717, 1.165) is 39.0 Å². The lowest BCUT2D eigenvalue weighted by Crippen LogP contribution is -2.59. The zero-order chi connectivity index (χ0) is 12.4. The molecule has 1 unspecified atom stereocenters. The Morgan fingerprint density at radius 2 is 2.06 bits per heavy atom. The first-order chi connectivity index (χ1) is 8.08. The first-order valence-corrected chi connectivity index (χ1v) is 8.17. The van der Waals surface area contributed by atoms with E-state index in [1.54, 1.807) is 0 Å². The summed E-state index contributed by atoms with van der Waals surface area (Å²) < 4.78 is 23.6. The summed E-state index contributed by atoms with van der Waals surface area (Å²) in [4.78, 5) is 2.18. The maximum atomic E-state index is 11.8. The van der Waals surface area contributed by atoms with Gasteiger partial charge in [-0.1, -0.05) is 0 Å². The van der Waals surface area contributed by atoms with Gasteiger partial charge in [-0.3, -0.25) is 4.90 Å². The molecular weight excluding hydrogens is 240 g/mol. The van der Waals surface area contributed by atoms with Crippen LogP contribution in [-0.2, 0) is 9.84 Å². The highest BCUT2D eigenvalue weighted by Crippen LogP contribution is 2.29. The van der Waals surface area contributed by atoms with Crippen molar-refractivity contribution in [3.8, 4) is 0 Å². The largest absolute Gasteiger partial charge is 0.394 e. The zero-order valence-corrected chi connectivity index (χ0v) is 11.0. The minimum absolute atomic E-state index is 0.0494. The molecule has 2 heterocycles. The van der Waals surface area contributed by atoms with Crippen molar-refractivity contribution in [3.05, 3.63) is 0 Å². The van der Waals surface area contributed by atoms with Crippen LogP contribution in [0.5, 0.6) is 0 Å². The van der Waals surface area contributed by atoms with Gasteiger partial charge in [0.1, 0.15) is 0 Å². The first kappa shape index (κ1) is 13.3. The van der Waals surface area contributed by atoms with Gasteiger partial charge in [-0.05, 0) is 25.8 Å². The predicted molar refractivity (Wildman–Crippen MR) is 66.8 cm³/mol. The third-order valence-corrected chi connectivity index (χ3v) is 5.78. The number of aliphatic hydroxyl groups is 1. The molecule has 2 rings (SSSR count). The molecule has 17 heavy (non-hydrogen) atoms. The highest BCUT2D eigenvalue weighted by Gasteiger charge is 2.43. The molecule has 0 spiro atoms. The molecule has 0 bridgehead atoms. The quantitative estimate of drug-likeness (QED) is 0.683. The molecular formula is C11H22N2O3S. The maximum Gasteiger partial charge on any atom is 0.152 e. The summed E-state index contributed by atoms with van der Waals surface area (Å²) in [6, 6.07) is 0. The first-order valence-electron chi connectivity index (χ1n) is 6.35. The molecule has 0 aromatic carbocycles. The molecule has 2 aliphatic rings. The summed E-state index contributed by atoms with van der Waals surface area (Å²) in [7, 11) is -2.99. The van der Waals surface area contributed by atoms with Gasteiger partial charge >= 0.3 is 0 Å². The van der Waals surface area contributed by atoms with Crippen LogP contribution < -0.4 is 5.32 Å². The highest BCUT2D eigenvalue weighted by atomic mass is 32.2. The Hall–Kier alpha value is -0.170. The topological polar surface area (TPSA) is 69.6 Å². The number of nitrogens with one attached hydrogen (secondary N) is 1. The van der Waals surface area contributed by atoms with Crippen LogP contribution in [-0.4, -0.2) is 68.3 Å². The molecule has 0 radical (unpaired) electrons. The molecule has 0 saturated carbocycles. The van der Waals surface area contributed by atoms with Crippen LogP contribution in [0.4, 0.5) is 0 Å². The second-order valence-corrected chi connectivity index (χ2v) is 7.35. The Balaban J connectivity index is 2.17. The van der Waals surface area contributed by atoms with E-state index in [2.05, 4.69) is 10.2 Å². The smallest absolute Gasteiger partial charge is 0.152 e. The van der Waals surface area contributed by atoms with Gasteiger partial charge in [0.25, 0.3) is 0 Å². The molecule has 2 N–H and O–H groups in total. The average molecular weight is 262 g/mol. The standard InChI is InChI=1S/C11H22N2O3S/c14-9-11(3-1-8-17(15,16)10-11)13-6-2-4-12-5-7-13/h12,14H,1-10H2. The van der Waals surface area contributed by atoms with Gasteiger partial charge in [0.05, 0.1) is 23.7 Å². The summed E-state index contributed by atoms with van der Waals surface area (Å²) in [5.74, 6) is 0.400. The summed E-state index contributed by atoms with van der Waals surface area (Å²) in [5.41, 5.74) is -0.525. The fourth-order valence-corrected chi connectivity index (χ4v) is 4.93. The predicted octanol–water partition coefficient (Wildman–Crippen LogP) is -0.779. The van der Waals surface area contributed by atoms with Crippen LogP contribution in [0.3, 0.4) is 0 Å². The number of nitrogens with zero attached hydrogens (tertiary/aromatic N) is 1. The van der Waals surface area contributed by atoms with E-state index in [0.29, 0.717) is 6.42 Å². The average Bonchev–Trinajstić information content (AvgIpc) is 2.56. The van der Waals surface area contributed by atoms with E-state index in [-0.39, 0.29) is 18.1 Å². The van der Waals surface area contributed by atoms with Crippen LogP contribution >= 0.6 is 0 Å². The van der Waals surface area contributed by atoms with Crippen molar-refractivity contribution >= 4 is 9.84 Å². The van der Waals surface area contributed by atoms with Crippen LogP contribution in [0.25, 0.3) is 0 Å². The zero-order valence-electron chi connectivity index (χ0n) is 10.2. The minimum Gasteiger partial charge on any atom is -0.394 e. The summed E-state index contributed by atoms with van der Waals surface area (Å²) in [5, 5.41) is 13.0. The normalized spacial score (nSPS) is 35.4. The summed E-state index contributed by atoms with van der Waals surface area (Å²) in [6.07, 6.45) is 2.48. The molecule has 2 fully saturated rings. The third kappa shape index (κ3) is 2.99. The van der Waals surface area contributed by atoms with Crippen molar-refractivity contribution < 1.29 is 13.5 Å². The van der Waals surface area contributed by atoms with Gasteiger partial charge in [0.2, 0.25) is 0 Å². The van der Waals surface area contributed by atoms with E-state index < -0.39 is 15.4 Å². The molecule has 0 aromatic heterocycles. The Morgan fingerprint density at radius 3 is 2.76 bits per heavy atom. The molecule has 6 heteroatoms. The van der Waals surface area contributed by atoms with Crippen LogP contribution in [0.2, 0.25) is 0 Å². The van der Waals surface area contributed by atoms with E-state index >= 15 is 0 Å². The molecule has 0 aliphatic carbocycles. The van der Waals surface area contributed by atoms with Crippen molar-refractivity contribution in [2.75, 3.05) is 44.3 Å². The van der Waals surface area contributed by atoms with Crippen LogP contribution in [0.1, 0.15) is 19.3 Å². The van der Waals surface area contributed by atoms with Crippen LogP contribution in [0.15, 0.2) is 0 Å². The van der Waals surface area contributed by atoms with Crippen molar-refractivity contribution in [2.24, 2.45) is 0 Å². The molecule has 5 nitrogen and oxygen atoms in total. The highest BCUT2D eigenvalue weighted by molar-refractivity contribution is 7.91. The Labute approximate surface area is 103 Å². The lowest BCUT2D eigenvalue weighted by Gasteiger charge is -2.44. The Kier molecular flexibility index (Phi) is 4.07. The van der Waals surface area contributed by atoms with E-state index in [1.165, 1.54) is 0 Å². The van der Waals surface area contributed by atoms with Crippen molar-refractivity contribution in [3.63, 3.8) is 0 Å². The van der Waals surface area contributed by atoms with Crippen molar-refractivity contribution in [1.82, 2.24) is 10.2 Å². The number of hydrogen-bond acceptors (Lipinski definition) is 5. The SMILES string of the molecule is O=S1(=O)CCCC(CO)(N2CCCNCC2)C1. The molecule has 0 amide bonds. The van der Waals surface area contributed by atoms with Crippen molar-refractivity contribution in [1.29, 1.82) is 0 Å². The van der Waals surface area contributed by atoms with Gasteiger partial charge in [-0.25, -0.2) is 8.42 Å². The molecule has 0 aromatic rings. The molecule has 1 atom stereocenters. The summed E-state index contributed by atoms with van der Waals surface area (Å²) >= 11 is 0.